The van der Waals surface area contributed by atoms with Crippen LogP contribution in [0.3, 0.4) is 0 Å². The number of nitrogens with zero attached hydrogens (tertiary/aromatic N) is 1. The maximum atomic E-state index is 5.38. The van der Waals surface area contributed by atoms with Gasteiger partial charge in [0.05, 0.1) is 7.11 Å². The molecule has 1 saturated carbocycles. The lowest BCUT2D eigenvalue weighted by Crippen LogP contribution is -2.49. The molecule has 2 unspecified atom stereocenters. The van der Waals surface area contributed by atoms with E-state index in [4.69, 9.17) is 4.74 Å². The van der Waals surface area contributed by atoms with E-state index in [1.807, 2.05) is 6.07 Å². The van der Waals surface area contributed by atoms with E-state index < -0.39 is 0 Å². The normalized spacial score (nSPS) is 26.3. The first kappa shape index (κ1) is 16.6. The van der Waals surface area contributed by atoms with E-state index in [2.05, 4.69) is 35.3 Å². The predicted octanol–water partition coefficient (Wildman–Crippen LogP) is 4.08. The standard InChI is InChI=1S/C20H32N2O/c1-16-11-18(21-13-17-7-4-3-5-8-17)15-22(14-16)19-9-6-10-20(12-19)23-2/h6,9-10,12,16-18,21H,3-5,7-8,11,13-15H2,1-2H3. The first-order valence-corrected chi connectivity index (χ1v) is 9.37. The van der Waals surface area contributed by atoms with E-state index in [0.717, 1.165) is 30.7 Å². The van der Waals surface area contributed by atoms with Crippen molar-refractivity contribution >= 4 is 5.69 Å². The van der Waals surface area contributed by atoms with Gasteiger partial charge in [-0.25, -0.2) is 0 Å². The van der Waals surface area contributed by atoms with Gasteiger partial charge in [0.2, 0.25) is 0 Å². The molecule has 0 amide bonds. The molecular weight excluding hydrogens is 284 g/mol. The van der Waals surface area contributed by atoms with Gasteiger partial charge in [0.25, 0.3) is 0 Å². The minimum Gasteiger partial charge on any atom is -0.497 e. The van der Waals surface area contributed by atoms with Crippen LogP contribution in [0.5, 0.6) is 5.75 Å². The highest BCUT2D eigenvalue weighted by Crippen LogP contribution is 2.27. The van der Waals surface area contributed by atoms with Crippen LogP contribution in [0.25, 0.3) is 0 Å². The Labute approximate surface area is 141 Å². The van der Waals surface area contributed by atoms with Crippen molar-refractivity contribution in [3.8, 4) is 5.75 Å². The molecule has 3 nitrogen and oxygen atoms in total. The Balaban J connectivity index is 1.57. The zero-order chi connectivity index (χ0) is 16.1. The summed E-state index contributed by atoms with van der Waals surface area (Å²) >= 11 is 0. The maximum absolute atomic E-state index is 5.38. The van der Waals surface area contributed by atoms with Crippen LogP contribution >= 0.6 is 0 Å². The smallest absolute Gasteiger partial charge is 0.120 e. The Hall–Kier alpha value is -1.22. The molecule has 0 aromatic heterocycles. The number of piperidine rings is 1. The average Bonchev–Trinajstić information content (AvgIpc) is 2.60. The highest BCUT2D eigenvalue weighted by atomic mass is 16.5. The van der Waals surface area contributed by atoms with Crippen molar-refractivity contribution in [1.82, 2.24) is 5.32 Å². The molecule has 1 aliphatic carbocycles. The van der Waals surface area contributed by atoms with Crippen molar-refractivity contribution in [3.05, 3.63) is 24.3 Å². The summed E-state index contributed by atoms with van der Waals surface area (Å²) in [5.74, 6) is 2.59. The lowest BCUT2D eigenvalue weighted by Gasteiger charge is -2.39. The number of anilines is 1. The summed E-state index contributed by atoms with van der Waals surface area (Å²) in [6.07, 6.45) is 8.46. The quantitative estimate of drug-likeness (QED) is 0.886. The van der Waals surface area contributed by atoms with E-state index in [9.17, 15) is 0 Å². The van der Waals surface area contributed by atoms with Crippen LogP contribution in [0.2, 0.25) is 0 Å². The molecule has 128 valence electrons. The monoisotopic (exact) mass is 316 g/mol. The van der Waals surface area contributed by atoms with Crippen LogP contribution in [0, 0.1) is 11.8 Å². The Bertz CT molecular complexity index is 484. The molecular formula is C20H32N2O. The summed E-state index contributed by atoms with van der Waals surface area (Å²) in [6, 6.07) is 9.11. The predicted molar refractivity (Wildman–Crippen MR) is 97.4 cm³/mol. The van der Waals surface area contributed by atoms with Gasteiger partial charge in [-0.05, 0) is 49.8 Å². The molecule has 1 saturated heterocycles. The summed E-state index contributed by atoms with van der Waals surface area (Å²) in [6.45, 7) is 5.85. The highest BCUT2D eigenvalue weighted by molar-refractivity contribution is 5.51. The summed E-state index contributed by atoms with van der Waals surface area (Å²) in [4.78, 5) is 2.52. The highest BCUT2D eigenvalue weighted by Gasteiger charge is 2.25. The summed E-state index contributed by atoms with van der Waals surface area (Å²) in [5, 5.41) is 3.88. The molecule has 1 N–H and O–H groups in total. The Morgan fingerprint density at radius 1 is 1.17 bits per heavy atom. The summed E-state index contributed by atoms with van der Waals surface area (Å²) in [5.41, 5.74) is 1.29. The Morgan fingerprint density at radius 2 is 2.00 bits per heavy atom. The third-order valence-electron chi connectivity index (χ3n) is 5.50. The molecule has 0 spiro atoms. The number of methoxy groups -OCH3 is 1. The van der Waals surface area contributed by atoms with Crippen molar-refractivity contribution in [2.45, 2.75) is 51.5 Å². The zero-order valence-corrected chi connectivity index (χ0v) is 14.8. The molecule has 1 aliphatic heterocycles. The number of hydrogen-bond acceptors (Lipinski definition) is 3. The van der Waals surface area contributed by atoms with Gasteiger partial charge in [0.15, 0.2) is 0 Å². The average molecular weight is 316 g/mol. The van der Waals surface area contributed by atoms with Gasteiger partial charge >= 0.3 is 0 Å². The van der Waals surface area contributed by atoms with Gasteiger partial charge in [-0.1, -0.05) is 32.3 Å². The molecule has 2 aliphatic rings. The molecule has 3 rings (SSSR count). The first-order chi connectivity index (χ1) is 11.2. The fourth-order valence-electron chi connectivity index (χ4n) is 4.24. The van der Waals surface area contributed by atoms with Crippen LogP contribution in [-0.4, -0.2) is 32.8 Å². The number of nitrogens with one attached hydrogen (secondary N) is 1. The van der Waals surface area contributed by atoms with E-state index in [1.165, 1.54) is 50.8 Å². The molecule has 1 aromatic rings. The fourth-order valence-corrected chi connectivity index (χ4v) is 4.24. The lowest BCUT2D eigenvalue weighted by atomic mass is 9.88. The van der Waals surface area contributed by atoms with Crippen molar-refractivity contribution in [1.29, 1.82) is 0 Å². The van der Waals surface area contributed by atoms with Gasteiger partial charge in [0.1, 0.15) is 5.75 Å². The molecule has 3 heteroatoms. The number of hydrogen-bond donors (Lipinski definition) is 1. The first-order valence-electron chi connectivity index (χ1n) is 9.37. The number of ether oxygens (including phenoxy) is 1. The van der Waals surface area contributed by atoms with Crippen molar-refractivity contribution in [2.75, 3.05) is 31.6 Å². The molecule has 0 radical (unpaired) electrons. The fraction of sp³-hybridized carbons (Fsp3) is 0.700. The molecule has 2 atom stereocenters. The maximum Gasteiger partial charge on any atom is 0.120 e. The van der Waals surface area contributed by atoms with Crippen LogP contribution in [-0.2, 0) is 0 Å². The van der Waals surface area contributed by atoms with Crippen molar-refractivity contribution in [2.24, 2.45) is 11.8 Å². The van der Waals surface area contributed by atoms with Gasteiger partial charge in [-0.15, -0.1) is 0 Å². The second-order valence-corrected chi connectivity index (χ2v) is 7.56. The molecule has 1 aromatic carbocycles. The van der Waals surface area contributed by atoms with E-state index in [0.29, 0.717) is 6.04 Å². The van der Waals surface area contributed by atoms with Gasteiger partial charge in [-0.2, -0.15) is 0 Å². The number of benzene rings is 1. The third-order valence-corrected chi connectivity index (χ3v) is 5.50. The van der Waals surface area contributed by atoms with Crippen LogP contribution in [0.1, 0.15) is 45.4 Å². The largest absolute Gasteiger partial charge is 0.497 e. The summed E-state index contributed by atoms with van der Waals surface area (Å²) in [7, 11) is 1.74. The van der Waals surface area contributed by atoms with Gasteiger partial charge in [-0.3, -0.25) is 0 Å². The SMILES string of the molecule is COc1cccc(N2CC(C)CC(NCC3CCCCC3)C2)c1. The third kappa shape index (κ3) is 4.63. The van der Waals surface area contributed by atoms with E-state index in [-0.39, 0.29) is 0 Å². The minimum atomic E-state index is 0.617. The van der Waals surface area contributed by atoms with E-state index in [1.54, 1.807) is 7.11 Å². The van der Waals surface area contributed by atoms with Gasteiger partial charge < -0.3 is 15.0 Å². The van der Waals surface area contributed by atoms with E-state index >= 15 is 0 Å². The topological polar surface area (TPSA) is 24.5 Å². The Morgan fingerprint density at radius 3 is 2.78 bits per heavy atom. The molecule has 2 fully saturated rings. The molecule has 0 bridgehead atoms. The Kier molecular flexibility index (Phi) is 5.82. The van der Waals surface area contributed by atoms with Crippen LogP contribution < -0.4 is 15.0 Å². The summed E-state index contributed by atoms with van der Waals surface area (Å²) < 4.78 is 5.38. The van der Waals surface area contributed by atoms with Crippen LogP contribution in [0.15, 0.2) is 24.3 Å². The van der Waals surface area contributed by atoms with Crippen LogP contribution in [0.4, 0.5) is 5.69 Å². The molecule has 23 heavy (non-hydrogen) atoms. The molecule has 1 heterocycles. The van der Waals surface area contributed by atoms with Crippen molar-refractivity contribution < 1.29 is 4.74 Å². The second-order valence-electron chi connectivity index (χ2n) is 7.56. The van der Waals surface area contributed by atoms with Gasteiger partial charge in [0, 0.05) is 30.9 Å². The van der Waals surface area contributed by atoms with Crippen molar-refractivity contribution in [3.63, 3.8) is 0 Å². The second kappa shape index (κ2) is 8.05. The lowest BCUT2D eigenvalue weighted by molar-refractivity contribution is 0.295. The number of rotatable bonds is 5. The zero-order valence-electron chi connectivity index (χ0n) is 14.8. The minimum absolute atomic E-state index is 0.617.